The predicted molar refractivity (Wildman–Crippen MR) is 97.0 cm³/mol. The molecule has 1 N–H and O–H groups in total. The molecule has 134 valence electrons. The lowest BCUT2D eigenvalue weighted by Gasteiger charge is -2.06. The van der Waals surface area contributed by atoms with Crippen molar-refractivity contribution in [3.8, 4) is 10.7 Å². The first-order valence-electron chi connectivity index (χ1n) is 8.00. The van der Waals surface area contributed by atoms with E-state index in [2.05, 4.69) is 20.2 Å². The maximum Gasteiger partial charge on any atom is 0.337 e. The van der Waals surface area contributed by atoms with Gasteiger partial charge in [0, 0.05) is 18.5 Å². The highest BCUT2D eigenvalue weighted by atomic mass is 32.1. The molecule has 0 fully saturated rings. The molecule has 0 atom stereocenters. The van der Waals surface area contributed by atoms with Crippen molar-refractivity contribution in [1.82, 2.24) is 10.1 Å². The number of nitrogens with zero attached hydrogens (tertiary/aromatic N) is 2. The van der Waals surface area contributed by atoms with E-state index in [1.54, 1.807) is 35.6 Å². The van der Waals surface area contributed by atoms with Gasteiger partial charge >= 0.3 is 5.97 Å². The molecule has 0 unspecified atom stereocenters. The molecule has 3 rings (SSSR count). The van der Waals surface area contributed by atoms with Gasteiger partial charge in [-0.15, -0.1) is 11.3 Å². The van der Waals surface area contributed by atoms with Crippen LogP contribution in [0, 0.1) is 0 Å². The van der Waals surface area contributed by atoms with E-state index in [9.17, 15) is 9.59 Å². The largest absolute Gasteiger partial charge is 0.465 e. The van der Waals surface area contributed by atoms with Crippen LogP contribution >= 0.6 is 11.3 Å². The van der Waals surface area contributed by atoms with Gasteiger partial charge in [-0.2, -0.15) is 4.98 Å². The van der Waals surface area contributed by atoms with Crippen LogP contribution in [0.15, 0.2) is 46.3 Å². The van der Waals surface area contributed by atoms with Gasteiger partial charge in [0.25, 0.3) is 0 Å². The molecule has 0 radical (unpaired) electrons. The van der Waals surface area contributed by atoms with Gasteiger partial charge in [0.05, 0.1) is 17.6 Å². The number of hydrogen-bond donors (Lipinski definition) is 1. The van der Waals surface area contributed by atoms with Crippen LogP contribution in [0.25, 0.3) is 10.7 Å². The smallest absolute Gasteiger partial charge is 0.337 e. The standard InChI is InChI=1S/C18H17N3O4S/c1-24-18(23)12-5-2-6-13(11-12)19-15(22)8-3-9-16-20-17(21-25-16)14-7-4-10-26-14/h2,4-7,10-11H,3,8-9H2,1H3,(H,19,22). The van der Waals surface area contributed by atoms with Crippen LogP contribution in [-0.2, 0) is 16.0 Å². The van der Waals surface area contributed by atoms with Crippen molar-refractivity contribution in [2.75, 3.05) is 12.4 Å². The maximum atomic E-state index is 12.1. The predicted octanol–water partition coefficient (Wildman–Crippen LogP) is 3.55. The zero-order valence-electron chi connectivity index (χ0n) is 14.1. The molecular weight excluding hydrogens is 354 g/mol. The molecule has 7 nitrogen and oxygen atoms in total. The molecule has 0 aliphatic carbocycles. The number of rotatable bonds is 7. The van der Waals surface area contributed by atoms with Crippen LogP contribution in [0.5, 0.6) is 0 Å². The van der Waals surface area contributed by atoms with E-state index < -0.39 is 5.97 Å². The van der Waals surface area contributed by atoms with Gasteiger partial charge in [-0.25, -0.2) is 4.79 Å². The molecule has 1 aromatic carbocycles. The van der Waals surface area contributed by atoms with Crippen LogP contribution in [0.2, 0.25) is 0 Å². The van der Waals surface area contributed by atoms with Crippen molar-refractivity contribution in [3.05, 3.63) is 53.2 Å². The number of carbonyl (C=O) groups excluding carboxylic acids is 2. The van der Waals surface area contributed by atoms with Crippen molar-refractivity contribution in [2.45, 2.75) is 19.3 Å². The number of aromatic nitrogens is 2. The van der Waals surface area contributed by atoms with Gasteiger partial charge in [-0.1, -0.05) is 17.3 Å². The highest BCUT2D eigenvalue weighted by Crippen LogP contribution is 2.21. The third-order valence-corrected chi connectivity index (χ3v) is 4.44. The molecule has 0 bridgehead atoms. The van der Waals surface area contributed by atoms with E-state index in [0.29, 0.717) is 42.2 Å². The van der Waals surface area contributed by atoms with Crippen molar-refractivity contribution >= 4 is 28.9 Å². The summed E-state index contributed by atoms with van der Waals surface area (Å²) in [5, 5.41) is 8.65. The lowest BCUT2D eigenvalue weighted by molar-refractivity contribution is -0.116. The lowest BCUT2D eigenvalue weighted by atomic mass is 10.2. The van der Waals surface area contributed by atoms with Gasteiger partial charge in [0.2, 0.25) is 17.6 Å². The Morgan fingerprint density at radius 2 is 2.15 bits per heavy atom. The van der Waals surface area contributed by atoms with Crippen LogP contribution < -0.4 is 5.32 Å². The van der Waals surface area contributed by atoms with E-state index in [-0.39, 0.29) is 5.91 Å². The number of aryl methyl sites for hydroxylation is 1. The molecule has 3 aromatic rings. The fourth-order valence-electron chi connectivity index (χ4n) is 2.33. The summed E-state index contributed by atoms with van der Waals surface area (Å²) in [5.41, 5.74) is 0.938. The minimum Gasteiger partial charge on any atom is -0.465 e. The summed E-state index contributed by atoms with van der Waals surface area (Å²) in [5.74, 6) is 0.483. The number of benzene rings is 1. The lowest BCUT2D eigenvalue weighted by Crippen LogP contribution is -2.12. The quantitative estimate of drug-likeness (QED) is 0.638. The number of amides is 1. The number of esters is 1. The third kappa shape index (κ3) is 4.54. The highest BCUT2D eigenvalue weighted by Gasteiger charge is 2.11. The molecule has 0 aliphatic heterocycles. The topological polar surface area (TPSA) is 94.3 Å². The fourth-order valence-corrected chi connectivity index (χ4v) is 2.98. The number of methoxy groups -OCH3 is 1. The van der Waals surface area contributed by atoms with Crippen LogP contribution in [0.3, 0.4) is 0 Å². The van der Waals surface area contributed by atoms with Gasteiger partial charge in [0.15, 0.2) is 0 Å². The Balaban J connectivity index is 1.48. The van der Waals surface area contributed by atoms with Crippen LogP contribution in [0.4, 0.5) is 5.69 Å². The van der Waals surface area contributed by atoms with E-state index in [1.807, 2.05) is 17.5 Å². The summed E-state index contributed by atoms with van der Waals surface area (Å²) in [6, 6.07) is 10.5. The van der Waals surface area contributed by atoms with Gasteiger partial charge in [0.1, 0.15) is 0 Å². The Morgan fingerprint density at radius 1 is 1.27 bits per heavy atom. The molecule has 0 spiro atoms. The van der Waals surface area contributed by atoms with Crippen molar-refractivity contribution in [3.63, 3.8) is 0 Å². The Morgan fingerprint density at radius 3 is 2.92 bits per heavy atom. The molecule has 0 saturated heterocycles. The average molecular weight is 371 g/mol. The molecule has 0 saturated carbocycles. The molecule has 2 heterocycles. The van der Waals surface area contributed by atoms with Gasteiger partial charge in [-0.05, 0) is 36.1 Å². The van der Waals surface area contributed by atoms with Crippen molar-refractivity contribution in [2.24, 2.45) is 0 Å². The average Bonchev–Trinajstić information content (AvgIpc) is 3.32. The minimum absolute atomic E-state index is 0.148. The molecule has 1 amide bonds. The number of nitrogens with one attached hydrogen (secondary N) is 1. The van der Waals surface area contributed by atoms with Crippen molar-refractivity contribution < 1.29 is 18.8 Å². The van der Waals surface area contributed by atoms with Crippen molar-refractivity contribution in [1.29, 1.82) is 0 Å². The summed E-state index contributed by atoms with van der Waals surface area (Å²) in [6.07, 6.45) is 1.40. The van der Waals surface area contributed by atoms with Crippen LogP contribution in [0.1, 0.15) is 29.1 Å². The van der Waals surface area contributed by atoms with E-state index in [0.717, 1.165) is 4.88 Å². The molecule has 8 heteroatoms. The zero-order chi connectivity index (χ0) is 18.4. The van der Waals surface area contributed by atoms with Gasteiger partial charge < -0.3 is 14.6 Å². The summed E-state index contributed by atoms with van der Waals surface area (Å²) in [4.78, 5) is 28.8. The number of ether oxygens (including phenoxy) is 1. The summed E-state index contributed by atoms with van der Waals surface area (Å²) in [6.45, 7) is 0. The Labute approximate surface area is 154 Å². The normalized spacial score (nSPS) is 10.5. The van der Waals surface area contributed by atoms with E-state index in [4.69, 9.17) is 4.52 Å². The second kappa shape index (κ2) is 8.39. The molecule has 26 heavy (non-hydrogen) atoms. The first-order chi connectivity index (χ1) is 12.7. The first kappa shape index (κ1) is 17.8. The zero-order valence-corrected chi connectivity index (χ0v) is 14.9. The Bertz CT molecular complexity index is 889. The fraction of sp³-hybridized carbons (Fsp3) is 0.222. The monoisotopic (exact) mass is 371 g/mol. The minimum atomic E-state index is -0.445. The Hall–Kier alpha value is -3.00. The molecule has 2 aromatic heterocycles. The number of hydrogen-bond acceptors (Lipinski definition) is 7. The SMILES string of the molecule is COC(=O)c1cccc(NC(=O)CCCc2nc(-c3cccs3)no2)c1. The third-order valence-electron chi connectivity index (χ3n) is 3.57. The molecular formula is C18H17N3O4S. The summed E-state index contributed by atoms with van der Waals surface area (Å²) in [7, 11) is 1.31. The van der Waals surface area contributed by atoms with Gasteiger partial charge in [-0.3, -0.25) is 4.79 Å². The maximum absolute atomic E-state index is 12.1. The van der Waals surface area contributed by atoms with E-state index >= 15 is 0 Å². The number of anilines is 1. The second-order valence-electron chi connectivity index (χ2n) is 5.46. The van der Waals surface area contributed by atoms with Crippen LogP contribution in [-0.4, -0.2) is 29.1 Å². The Kier molecular flexibility index (Phi) is 5.75. The number of thiophene rings is 1. The summed E-state index contributed by atoms with van der Waals surface area (Å²) < 4.78 is 9.87. The second-order valence-corrected chi connectivity index (χ2v) is 6.41. The van der Waals surface area contributed by atoms with E-state index in [1.165, 1.54) is 7.11 Å². The first-order valence-corrected chi connectivity index (χ1v) is 8.88. The molecule has 0 aliphatic rings. The summed E-state index contributed by atoms with van der Waals surface area (Å²) >= 11 is 1.54. The highest BCUT2D eigenvalue weighted by molar-refractivity contribution is 7.13. The number of carbonyl (C=O) groups is 2.